The fraction of sp³-hybridized carbons (Fsp3) is 0. The Morgan fingerprint density at radius 1 is 0.950 bits per heavy atom. The first-order valence-corrected chi connectivity index (χ1v) is 7.94. The monoisotopic (exact) mass is 371 g/mol. The van der Waals surface area contributed by atoms with Gasteiger partial charge in [0.15, 0.2) is 5.82 Å². The Kier molecular flexibility index (Phi) is 4.61. The molecule has 0 spiro atoms. The van der Waals surface area contributed by atoms with E-state index < -0.39 is 10.0 Å². The van der Waals surface area contributed by atoms with Crippen LogP contribution in [0.1, 0.15) is 0 Å². The highest BCUT2D eigenvalue weighted by Crippen LogP contribution is 2.33. The molecule has 0 atom stereocenters. The predicted octanol–water partition coefficient (Wildman–Crippen LogP) is 3.89. The van der Waals surface area contributed by atoms with Crippen molar-refractivity contribution in [2.24, 2.45) is 0 Å². The van der Waals surface area contributed by atoms with E-state index in [1.54, 1.807) is 0 Å². The molecule has 1 heterocycles. The first-order valence-electron chi connectivity index (χ1n) is 4.94. The summed E-state index contributed by atoms with van der Waals surface area (Å²) >= 11 is 23.0. The minimum atomic E-state index is -4.02. The molecule has 0 radical (unpaired) electrons. The van der Waals surface area contributed by atoms with E-state index in [4.69, 9.17) is 46.4 Å². The topological polar surface area (TPSA) is 72.0 Å². The number of aromatic nitrogens is 2. The molecule has 1 aromatic carbocycles. The van der Waals surface area contributed by atoms with E-state index in [2.05, 4.69) is 14.7 Å². The van der Waals surface area contributed by atoms with Crippen LogP contribution < -0.4 is 4.72 Å². The quantitative estimate of drug-likeness (QED) is 0.886. The van der Waals surface area contributed by atoms with Gasteiger partial charge in [0.05, 0.1) is 22.4 Å². The van der Waals surface area contributed by atoms with Gasteiger partial charge in [0.25, 0.3) is 10.0 Å². The lowest BCUT2D eigenvalue weighted by molar-refractivity contribution is 0.601. The lowest BCUT2D eigenvalue weighted by Crippen LogP contribution is -2.15. The molecule has 0 saturated heterocycles. The van der Waals surface area contributed by atoms with Crippen LogP contribution in [-0.2, 0) is 10.0 Å². The van der Waals surface area contributed by atoms with Gasteiger partial charge in [-0.15, -0.1) is 0 Å². The molecule has 1 N–H and O–H groups in total. The van der Waals surface area contributed by atoms with E-state index >= 15 is 0 Å². The Balaban J connectivity index is 2.43. The molecule has 0 amide bonds. The largest absolute Gasteiger partial charge is 0.266 e. The third-order valence-electron chi connectivity index (χ3n) is 2.09. The van der Waals surface area contributed by atoms with Crippen LogP contribution in [0, 0.1) is 0 Å². The van der Waals surface area contributed by atoms with Crippen molar-refractivity contribution in [2.45, 2.75) is 4.90 Å². The van der Waals surface area contributed by atoms with E-state index in [1.165, 1.54) is 18.3 Å². The van der Waals surface area contributed by atoms with Gasteiger partial charge in [-0.05, 0) is 12.1 Å². The molecule has 10 heteroatoms. The summed E-state index contributed by atoms with van der Waals surface area (Å²) in [5.74, 6) is -0.0171. The molecule has 0 unspecified atom stereocenters. The zero-order valence-corrected chi connectivity index (χ0v) is 13.3. The van der Waals surface area contributed by atoms with Crippen LogP contribution in [0.15, 0.2) is 29.4 Å². The molecule has 0 aliphatic rings. The second-order valence-corrected chi connectivity index (χ2v) is 6.79. The van der Waals surface area contributed by atoms with Gasteiger partial charge in [0.1, 0.15) is 10.0 Å². The van der Waals surface area contributed by atoms with E-state index in [9.17, 15) is 8.42 Å². The van der Waals surface area contributed by atoms with Crippen molar-refractivity contribution in [1.29, 1.82) is 0 Å². The average Bonchev–Trinajstić information content (AvgIpc) is 2.30. The first-order chi connectivity index (χ1) is 9.29. The van der Waals surface area contributed by atoms with Gasteiger partial charge in [0, 0.05) is 5.02 Å². The van der Waals surface area contributed by atoms with E-state index in [0.717, 1.165) is 6.20 Å². The summed E-state index contributed by atoms with van der Waals surface area (Å²) in [6.45, 7) is 0. The number of anilines is 1. The minimum absolute atomic E-state index is 0.0171. The normalized spacial score (nSPS) is 11.4. The zero-order valence-electron chi connectivity index (χ0n) is 9.44. The Morgan fingerprint density at radius 2 is 1.55 bits per heavy atom. The number of hydrogen-bond donors (Lipinski definition) is 1. The van der Waals surface area contributed by atoms with Crippen molar-refractivity contribution in [3.8, 4) is 0 Å². The second-order valence-electron chi connectivity index (χ2n) is 3.53. The molecule has 106 valence electrons. The fourth-order valence-corrected chi connectivity index (χ4v) is 3.98. The van der Waals surface area contributed by atoms with Crippen molar-refractivity contribution in [2.75, 3.05) is 4.72 Å². The first kappa shape index (κ1) is 15.6. The lowest BCUT2D eigenvalue weighted by Gasteiger charge is -2.10. The number of nitrogens with one attached hydrogen (secondary N) is 1. The van der Waals surface area contributed by atoms with Crippen molar-refractivity contribution in [3.63, 3.8) is 0 Å². The molecule has 0 bridgehead atoms. The molecule has 1 aromatic heterocycles. The number of rotatable bonds is 3. The standard InChI is InChI=1S/C10H5Cl4N3O2S/c11-5-1-6(12)10(7(13)2-5)20(18,19)17-9-4-15-8(14)3-16-9/h1-4H,(H,16,17). The zero-order chi connectivity index (χ0) is 14.9. The maximum atomic E-state index is 12.2. The number of hydrogen-bond acceptors (Lipinski definition) is 4. The van der Waals surface area contributed by atoms with Gasteiger partial charge in [-0.2, -0.15) is 0 Å². The van der Waals surface area contributed by atoms with Crippen molar-refractivity contribution >= 4 is 62.2 Å². The number of halogens is 4. The van der Waals surface area contributed by atoms with Gasteiger partial charge in [-0.25, -0.2) is 18.4 Å². The molecule has 0 aliphatic heterocycles. The van der Waals surface area contributed by atoms with E-state index in [0.29, 0.717) is 0 Å². The van der Waals surface area contributed by atoms with Crippen LogP contribution in [0.5, 0.6) is 0 Å². The second kappa shape index (κ2) is 5.91. The minimum Gasteiger partial charge on any atom is -0.262 e. The molecular formula is C10H5Cl4N3O2S. The summed E-state index contributed by atoms with van der Waals surface area (Å²) in [7, 11) is -4.02. The van der Waals surface area contributed by atoms with Crippen LogP contribution in [0.4, 0.5) is 5.82 Å². The van der Waals surface area contributed by atoms with Crippen LogP contribution in [-0.4, -0.2) is 18.4 Å². The Bertz CT molecular complexity index is 727. The van der Waals surface area contributed by atoms with Crippen molar-refractivity contribution in [3.05, 3.63) is 44.7 Å². The predicted molar refractivity (Wildman–Crippen MR) is 79.3 cm³/mol. The Hall–Kier alpha value is -0.790. The highest BCUT2D eigenvalue weighted by Gasteiger charge is 2.23. The Labute approximate surface area is 134 Å². The van der Waals surface area contributed by atoms with Gasteiger partial charge in [-0.3, -0.25) is 4.72 Å². The van der Waals surface area contributed by atoms with Crippen molar-refractivity contribution < 1.29 is 8.42 Å². The summed E-state index contributed by atoms with van der Waals surface area (Å²) in [5, 5.41) is 0.162. The summed E-state index contributed by atoms with van der Waals surface area (Å²) in [4.78, 5) is 7.18. The summed E-state index contributed by atoms with van der Waals surface area (Å²) in [6, 6.07) is 2.55. The SMILES string of the molecule is O=S(=O)(Nc1cnc(Cl)cn1)c1c(Cl)cc(Cl)cc1Cl. The summed E-state index contributed by atoms with van der Waals surface area (Å²) in [6.07, 6.45) is 2.36. The maximum Gasteiger partial charge on any atom is 0.266 e. The smallest absolute Gasteiger partial charge is 0.262 e. The lowest BCUT2D eigenvalue weighted by atomic mass is 10.4. The molecule has 5 nitrogen and oxygen atoms in total. The van der Waals surface area contributed by atoms with Gasteiger partial charge < -0.3 is 0 Å². The van der Waals surface area contributed by atoms with Crippen LogP contribution in [0.25, 0.3) is 0 Å². The third-order valence-corrected chi connectivity index (χ3v) is 4.78. The van der Waals surface area contributed by atoms with Crippen LogP contribution >= 0.6 is 46.4 Å². The van der Waals surface area contributed by atoms with Gasteiger partial charge in [0.2, 0.25) is 0 Å². The van der Waals surface area contributed by atoms with Crippen LogP contribution in [0.3, 0.4) is 0 Å². The number of benzene rings is 1. The fourth-order valence-electron chi connectivity index (χ4n) is 1.34. The summed E-state index contributed by atoms with van der Waals surface area (Å²) < 4.78 is 26.6. The van der Waals surface area contributed by atoms with Gasteiger partial charge in [-0.1, -0.05) is 46.4 Å². The van der Waals surface area contributed by atoms with Crippen LogP contribution in [0.2, 0.25) is 20.2 Å². The van der Waals surface area contributed by atoms with Gasteiger partial charge >= 0.3 is 0 Å². The molecule has 0 saturated carbocycles. The van der Waals surface area contributed by atoms with E-state index in [-0.39, 0.29) is 30.9 Å². The molecular weight excluding hydrogens is 368 g/mol. The Morgan fingerprint density at radius 3 is 2.05 bits per heavy atom. The number of nitrogens with zero attached hydrogens (tertiary/aromatic N) is 2. The molecule has 2 rings (SSSR count). The highest BCUT2D eigenvalue weighted by atomic mass is 35.5. The summed E-state index contributed by atoms with van der Waals surface area (Å²) in [5.41, 5.74) is 0. The molecule has 2 aromatic rings. The third kappa shape index (κ3) is 3.45. The highest BCUT2D eigenvalue weighted by molar-refractivity contribution is 7.93. The molecule has 0 aliphatic carbocycles. The molecule has 0 fully saturated rings. The average molecular weight is 373 g/mol. The van der Waals surface area contributed by atoms with Crippen molar-refractivity contribution in [1.82, 2.24) is 9.97 Å². The van der Waals surface area contributed by atoms with E-state index in [1.807, 2.05) is 0 Å². The number of sulfonamides is 1. The molecule has 20 heavy (non-hydrogen) atoms. The maximum absolute atomic E-state index is 12.2.